The van der Waals surface area contributed by atoms with Gasteiger partial charge in [-0.1, -0.05) is 15.9 Å². The molecule has 2 N–H and O–H groups in total. The molecule has 0 aliphatic carbocycles. The second-order valence-electron chi connectivity index (χ2n) is 5.42. The molecule has 0 aliphatic heterocycles. The van der Waals surface area contributed by atoms with Gasteiger partial charge in [0.15, 0.2) is 11.6 Å². The normalized spacial score (nSPS) is 10.9. The topological polar surface area (TPSA) is 78.9 Å². The van der Waals surface area contributed by atoms with Crippen molar-refractivity contribution in [2.75, 3.05) is 5.73 Å². The van der Waals surface area contributed by atoms with Crippen LogP contribution in [0.25, 0.3) is 16.6 Å². The number of hydrogen-bond donors (Lipinski definition) is 1. The van der Waals surface area contributed by atoms with Gasteiger partial charge in [0, 0.05) is 28.4 Å². The Hall–Kier alpha value is -2.93. The van der Waals surface area contributed by atoms with Crippen molar-refractivity contribution in [2.24, 2.45) is 0 Å². The van der Waals surface area contributed by atoms with Crippen LogP contribution >= 0.6 is 15.9 Å². The molecular weight excluding hydrogens is 382 g/mol. The van der Waals surface area contributed by atoms with Crippen molar-refractivity contribution in [2.45, 2.75) is 6.61 Å². The Morgan fingerprint density at radius 1 is 1.12 bits per heavy atom. The average molecular weight is 396 g/mol. The number of ether oxygens (including phenoxy) is 1. The minimum absolute atomic E-state index is 0.265. The lowest BCUT2D eigenvalue weighted by molar-refractivity contribution is 0.302. The maximum Gasteiger partial charge on any atom is 0.166 e. The first-order valence-corrected chi connectivity index (χ1v) is 8.42. The summed E-state index contributed by atoms with van der Waals surface area (Å²) in [5, 5.41) is 5.20. The molecule has 0 saturated carbocycles. The van der Waals surface area contributed by atoms with Gasteiger partial charge in [0.2, 0.25) is 0 Å². The molecule has 0 unspecified atom stereocenters. The van der Waals surface area contributed by atoms with E-state index in [9.17, 15) is 0 Å². The third kappa shape index (κ3) is 3.18. The molecule has 6 nitrogen and oxygen atoms in total. The van der Waals surface area contributed by atoms with Gasteiger partial charge in [-0.3, -0.25) is 4.98 Å². The second-order valence-corrected chi connectivity index (χ2v) is 6.33. The highest BCUT2D eigenvalue weighted by Crippen LogP contribution is 2.28. The number of nitrogens with two attached hydrogens (primary N) is 1. The number of pyridine rings is 2. The van der Waals surface area contributed by atoms with Crippen molar-refractivity contribution >= 4 is 32.7 Å². The molecule has 0 amide bonds. The van der Waals surface area contributed by atoms with E-state index in [0.717, 1.165) is 26.8 Å². The quantitative estimate of drug-likeness (QED) is 0.569. The Kier molecular flexibility index (Phi) is 4.07. The van der Waals surface area contributed by atoms with Crippen molar-refractivity contribution in [3.8, 4) is 11.4 Å². The van der Waals surface area contributed by atoms with Gasteiger partial charge in [-0.15, -0.1) is 0 Å². The Morgan fingerprint density at radius 3 is 2.88 bits per heavy atom. The SMILES string of the molecule is Nc1nc2ccc(Br)cc2cc1OCc1ncccc1-n1cccn1. The lowest BCUT2D eigenvalue weighted by Crippen LogP contribution is -2.07. The molecule has 0 saturated heterocycles. The Balaban J connectivity index is 1.64. The molecule has 0 atom stereocenters. The zero-order chi connectivity index (χ0) is 17.2. The van der Waals surface area contributed by atoms with Crippen LogP contribution in [-0.2, 0) is 6.61 Å². The van der Waals surface area contributed by atoms with E-state index in [0.29, 0.717) is 11.6 Å². The number of benzene rings is 1. The molecule has 25 heavy (non-hydrogen) atoms. The minimum Gasteiger partial charge on any atom is -0.483 e. The van der Waals surface area contributed by atoms with Crippen molar-refractivity contribution < 1.29 is 4.74 Å². The van der Waals surface area contributed by atoms with Gasteiger partial charge < -0.3 is 10.5 Å². The molecule has 4 aromatic rings. The van der Waals surface area contributed by atoms with E-state index in [2.05, 4.69) is 31.0 Å². The smallest absolute Gasteiger partial charge is 0.166 e. The van der Waals surface area contributed by atoms with E-state index in [1.807, 2.05) is 48.7 Å². The summed E-state index contributed by atoms with van der Waals surface area (Å²) in [6.45, 7) is 0.265. The van der Waals surface area contributed by atoms with Gasteiger partial charge in [-0.2, -0.15) is 5.10 Å². The summed E-state index contributed by atoms with van der Waals surface area (Å²) in [4.78, 5) is 8.80. The van der Waals surface area contributed by atoms with Crippen molar-refractivity contribution in [1.82, 2.24) is 19.7 Å². The summed E-state index contributed by atoms with van der Waals surface area (Å²) in [5.74, 6) is 0.883. The number of halogens is 1. The highest BCUT2D eigenvalue weighted by atomic mass is 79.9. The van der Waals surface area contributed by atoms with Crippen LogP contribution in [0.2, 0.25) is 0 Å². The summed E-state index contributed by atoms with van der Waals surface area (Å²) in [6, 6.07) is 13.4. The van der Waals surface area contributed by atoms with Crippen LogP contribution in [0.5, 0.6) is 5.75 Å². The molecule has 0 fully saturated rings. The molecule has 7 heteroatoms. The van der Waals surface area contributed by atoms with Crippen molar-refractivity contribution in [1.29, 1.82) is 0 Å². The van der Waals surface area contributed by atoms with Gasteiger partial charge in [-0.05, 0) is 42.5 Å². The van der Waals surface area contributed by atoms with Gasteiger partial charge in [0.25, 0.3) is 0 Å². The zero-order valence-corrected chi connectivity index (χ0v) is 14.7. The largest absolute Gasteiger partial charge is 0.483 e. The first-order chi connectivity index (χ1) is 12.2. The van der Waals surface area contributed by atoms with Gasteiger partial charge in [0.05, 0.1) is 11.2 Å². The lowest BCUT2D eigenvalue weighted by atomic mass is 10.2. The Morgan fingerprint density at radius 2 is 2.04 bits per heavy atom. The van der Waals surface area contributed by atoms with Crippen molar-refractivity contribution in [3.05, 3.63) is 71.2 Å². The Labute approximate surface area is 152 Å². The van der Waals surface area contributed by atoms with Crippen LogP contribution < -0.4 is 10.5 Å². The molecule has 0 radical (unpaired) electrons. The van der Waals surface area contributed by atoms with E-state index in [1.165, 1.54) is 0 Å². The molecule has 3 heterocycles. The first-order valence-electron chi connectivity index (χ1n) is 7.63. The number of nitrogen functional groups attached to an aromatic ring is 1. The summed E-state index contributed by atoms with van der Waals surface area (Å²) >= 11 is 3.46. The lowest BCUT2D eigenvalue weighted by Gasteiger charge is -2.12. The van der Waals surface area contributed by atoms with E-state index >= 15 is 0 Å². The van der Waals surface area contributed by atoms with E-state index in [4.69, 9.17) is 10.5 Å². The molecule has 124 valence electrons. The van der Waals surface area contributed by atoms with Crippen LogP contribution in [0.4, 0.5) is 5.82 Å². The fraction of sp³-hybridized carbons (Fsp3) is 0.0556. The highest BCUT2D eigenvalue weighted by molar-refractivity contribution is 9.10. The zero-order valence-electron chi connectivity index (χ0n) is 13.1. The summed E-state index contributed by atoms with van der Waals surface area (Å²) in [7, 11) is 0. The predicted octanol–water partition coefficient (Wildman–Crippen LogP) is 3.74. The standard InChI is InChI=1S/C18H14BrN5O/c19-13-4-5-14-12(9-13)10-17(18(20)23-14)25-11-15-16(3-1-6-21-15)24-8-2-7-22-24/h1-10H,11H2,(H2,20,23). The fourth-order valence-electron chi connectivity index (χ4n) is 2.57. The van der Waals surface area contributed by atoms with E-state index in [1.54, 1.807) is 17.1 Å². The Bertz CT molecular complexity index is 1030. The highest BCUT2D eigenvalue weighted by Gasteiger charge is 2.10. The first kappa shape index (κ1) is 15.6. The molecule has 0 aliphatic rings. The third-order valence-electron chi connectivity index (χ3n) is 3.75. The van der Waals surface area contributed by atoms with Crippen LogP contribution in [-0.4, -0.2) is 19.7 Å². The maximum atomic E-state index is 6.04. The monoisotopic (exact) mass is 395 g/mol. The van der Waals surface area contributed by atoms with Gasteiger partial charge in [-0.25, -0.2) is 9.67 Å². The van der Waals surface area contributed by atoms with E-state index < -0.39 is 0 Å². The summed E-state index contributed by atoms with van der Waals surface area (Å²) in [5.41, 5.74) is 8.49. The fourth-order valence-corrected chi connectivity index (χ4v) is 2.94. The summed E-state index contributed by atoms with van der Waals surface area (Å²) in [6.07, 6.45) is 5.32. The molecule has 0 spiro atoms. The molecule has 1 aromatic carbocycles. The number of fused-ring (bicyclic) bond motifs is 1. The number of nitrogens with zero attached hydrogens (tertiary/aromatic N) is 4. The second kappa shape index (κ2) is 6.52. The molecule has 0 bridgehead atoms. The van der Waals surface area contributed by atoms with Crippen LogP contribution in [0, 0.1) is 0 Å². The van der Waals surface area contributed by atoms with Gasteiger partial charge >= 0.3 is 0 Å². The van der Waals surface area contributed by atoms with E-state index in [-0.39, 0.29) is 6.61 Å². The molecule has 4 rings (SSSR count). The molecule has 3 aromatic heterocycles. The van der Waals surface area contributed by atoms with Crippen molar-refractivity contribution in [3.63, 3.8) is 0 Å². The minimum atomic E-state index is 0.265. The molecular formula is C18H14BrN5O. The number of anilines is 1. The van der Waals surface area contributed by atoms with Crippen LogP contribution in [0.1, 0.15) is 5.69 Å². The predicted molar refractivity (Wildman–Crippen MR) is 99.5 cm³/mol. The number of rotatable bonds is 4. The average Bonchev–Trinajstić information content (AvgIpc) is 3.15. The third-order valence-corrected chi connectivity index (χ3v) is 4.24. The van der Waals surface area contributed by atoms with Crippen LogP contribution in [0.3, 0.4) is 0 Å². The summed E-state index contributed by atoms with van der Waals surface area (Å²) < 4.78 is 8.63. The number of hydrogen-bond acceptors (Lipinski definition) is 5. The number of aromatic nitrogens is 4. The van der Waals surface area contributed by atoms with Crippen LogP contribution in [0.15, 0.2) is 65.5 Å². The van der Waals surface area contributed by atoms with Gasteiger partial charge in [0.1, 0.15) is 12.3 Å². The maximum absolute atomic E-state index is 6.04.